The number of carbonyl (C=O) groups excluding carboxylic acids is 1. The zero-order valence-corrected chi connectivity index (χ0v) is 19.3. The van der Waals surface area contributed by atoms with E-state index in [0.717, 1.165) is 38.5 Å². The van der Waals surface area contributed by atoms with Gasteiger partial charge in [-0.05, 0) is 96.9 Å². The second kappa shape index (κ2) is 9.31. The number of rotatable bonds is 6. The van der Waals surface area contributed by atoms with Crippen LogP contribution in [0.15, 0.2) is 0 Å². The third kappa shape index (κ3) is 4.64. The highest BCUT2D eigenvalue weighted by atomic mass is 16.6. The second-order valence-corrected chi connectivity index (χ2v) is 10.5. The Labute approximate surface area is 182 Å². The Morgan fingerprint density at radius 3 is 2.57 bits per heavy atom. The maximum atomic E-state index is 12.0. The molecule has 0 radical (unpaired) electrons. The van der Waals surface area contributed by atoms with Crippen molar-refractivity contribution in [2.24, 2.45) is 11.3 Å². The van der Waals surface area contributed by atoms with Crippen LogP contribution in [0.3, 0.4) is 0 Å². The number of carbonyl (C=O) groups is 1. The molecule has 0 aromatic carbocycles. The topological polar surface area (TPSA) is 59.5 Å². The maximum absolute atomic E-state index is 12.0. The summed E-state index contributed by atoms with van der Waals surface area (Å²) >= 11 is 0. The van der Waals surface area contributed by atoms with E-state index in [0.29, 0.717) is 24.1 Å². The monoisotopic (exact) mass is 422 g/mol. The summed E-state index contributed by atoms with van der Waals surface area (Å²) in [7, 11) is 3.91. The molecule has 1 saturated carbocycles. The van der Waals surface area contributed by atoms with Gasteiger partial charge in [-0.25, -0.2) is 4.79 Å². The summed E-state index contributed by atoms with van der Waals surface area (Å²) < 4.78 is 5.19. The highest BCUT2D eigenvalue weighted by Gasteiger charge is 2.51. The van der Waals surface area contributed by atoms with E-state index in [1.165, 1.54) is 51.6 Å². The lowest BCUT2D eigenvalue weighted by atomic mass is 9.64. The van der Waals surface area contributed by atoms with Crippen LogP contribution in [0.25, 0.3) is 0 Å². The number of likely N-dealkylation sites (tertiary alicyclic amines) is 3. The highest BCUT2D eigenvalue weighted by molar-refractivity contribution is 5.68. The van der Waals surface area contributed by atoms with Crippen molar-refractivity contribution >= 4 is 6.09 Å². The fourth-order valence-electron chi connectivity index (χ4n) is 6.49. The largest absolute Gasteiger partial charge is 0.450 e. The Bertz CT molecular complexity index is 587. The van der Waals surface area contributed by atoms with Crippen LogP contribution in [0, 0.1) is 11.3 Å². The summed E-state index contributed by atoms with van der Waals surface area (Å²) in [4.78, 5) is 21.1. The molecule has 1 aliphatic carbocycles. The number of aliphatic hydroxyl groups excluding tert-OH is 1. The minimum Gasteiger partial charge on any atom is -0.450 e. The van der Waals surface area contributed by atoms with E-state index in [2.05, 4.69) is 9.80 Å². The lowest BCUT2D eigenvalue weighted by molar-refractivity contribution is -0.0258. The fourth-order valence-corrected chi connectivity index (χ4v) is 6.49. The van der Waals surface area contributed by atoms with Gasteiger partial charge in [-0.1, -0.05) is 0 Å². The molecule has 1 amide bonds. The minimum atomic E-state index is -0.363. The normalized spacial score (nSPS) is 34.6. The van der Waals surface area contributed by atoms with Gasteiger partial charge < -0.3 is 19.6 Å². The van der Waals surface area contributed by atoms with Gasteiger partial charge in [0.15, 0.2) is 0 Å². The van der Waals surface area contributed by atoms with Gasteiger partial charge in [0.05, 0.1) is 6.61 Å². The minimum absolute atomic E-state index is 0.126. The molecular formula is C23H42N4O3. The van der Waals surface area contributed by atoms with Crippen LogP contribution >= 0.6 is 0 Å². The van der Waals surface area contributed by atoms with Crippen molar-refractivity contribution in [1.29, 1.82) is 0 Å². The van der Waals surface area contributed by atoms with E-state index in [4.69, 9.17) is 4.74 Å². The molecule has 0 aromatic rings. The van der Waals surface area contributed by atoms with Crippen LogP contribution in [0.5, 0.6) is 0 Å². The number of hydrogen-bond donors (Lipinski definition) is 1. The average molecular weight is 423 g/mol. The zero-order chi connectivity index (χ0) is 21.3. The first-order chi connectivity index (χ1) is 14.4. The highest BCUT2D eigenvalue weighted by Crippen LogP contribution is 2.51. The molecule has 172 valence electrons. The molecule has 2 atom stereocenters. The van der Waals surface area contributed by atoms with Gasteiger partial charge in [-0.2, -0.15) is 0 Å². The van der Waals surface area contributed by atoms with Crippen LogP contribution in [-0.4, -0.2) is 109 Å². The fraction of sp³-hybridized carbons (Fsp3) is 0.957. The summed E-state index contributed by atoms with van der Waals surface area (Å²) in [6.07, 6.45) is 8.29. The van der Waals surface area contributed by atoms with Crippen molar-refractivity contribution < 1.29 is 14.6 Å². The van der Waals surface area contributed by atoms with Crippen LogP contribution in [-0.2, 0) is 4.74 Å². The van der Waals surface area contributed by atoms with Crippen LogP contribution < -0.4 is 0 Å². The van der Waals surface area contributed by atoms with Crippen LogP contribution in [0.2, 0.25) is 0 Å². The molecule has 2 unspecified atom stereocenters. The summed E-state index contributed by atoms with van der Waals surface area (Å²) in [5.74, 6) is 0.776. The smallest absolute Gasteiger partial charge is 0.409 e. The van der Waals surface area contributed by atoms with Gasteiger partial charge in [0.1, 0.15) is 6.23 Å². The number of likely N-dealkylation sites (N-methyl/N-ethyl adjacent to an activating group) is 1. The average Bonchev–Trinajstić information content (AvgIpc) is 3.34. The first-order valence-corrected chi connectivity index (χ1v) is 12.1. The van der Waals surface area contributed by atoms with Crippen LogP contribution in [0.1, 0.15) is 51.9 Å². The SMILES string of the molecule is CCOC(=O)N1CCC2(CC(N3CCC(C4CCCN4CC(O)N(C)C)CC3)C2)C1. The Balaban J connectivity index is 1.21. The second-order valence-electron chi connectivity index (χ2n) is 10.5. The molecule has 7 heteroatoms. The Kier molecular flexibility index (Phi) is 6.92. The lowest BCUT2D eigenvalue weighted by Crippen LogP contribution is -2.55. The van der Waals surface area contributed by atoms with Gasteiger partial charge in [0.2, 0.25) is 0 Å². The van der Waals surface area contributed by atoms with Crippen molar-refractivity contribution in [1.82, 2.24) is 19.6 Å². The Morgan fingerprint density at radius 2 is 1.90 bits per heavy atom. The summed E-state index contributed by atoms with van der Waals surface area (Å²) in [6.45, 7) is 8.45. The molecule has 1 N–H and O–H groups in total. The molecule has 3 heterocycles. The summed E-state index contributed by atoms with van der Waals surface area (Å²) in [5, 5.41) is 10.3. The van der Waals surface area contributed by atoms with E-state index in [9.17, 15) is 9.90 Å². The molecule has 4 rings (SSSR count). The standard InChI is InChI=1S/C23H42N4O3/c1-4-30-22(29)27-13-9-23(17-27)14-19(15-23)25-11-7-18(8-12-25)20-6-5-10-26(20)16-21(28)24(2)3/h18-21,28H,4-17H2,1-3H3. The first kappa shape index (κ1) is 22.3. The van der Waals surface area contributed by atoms with E-state index in [1.807, 2.05) is 30.8 Å². The van der Waals surface area contributed by atoms with E-state index >= 15 is 0 Å². The zero-order valence-electron chi connectivity index (χ0n) is 19.3. The van der Waals surface area contributed by atoms with E-state index in [-0.39, 0.29) is 12.3 Å². The van der Waals surface area contributed by atoms with Gasteiger partial charge in [0.25, 0.3) is 0 Å². The van der Waals surface area contributed by atoms with Crippen molar-refractivity contribution in [2.45, 2.75) is 70.2 Å². The molecule has 3 aliphatic heterocycles. The Hall–Kier alpha value is -0.890. The quantitative estimate of drug-likeness (QED) is 0.661. The van der Waals surface area contributed by atoms with Crippen molar-refractivity contribution in [3.63, 3.8) is 0 Å². The number of amides is 1. The molecular weight excluding hydrogens is 380 g/mol. The summed E-state index contributed by atoms with van der Waals surface area (Å²) in [5.41, 5.74) is 0.360. The molecule has 0 aromatic heterocycles. The van der Waals surface area contributed by atoms with Gasteiger partial charge in [-0.3, -0.25) is 9.80 Å². The van der Waals surface area contributed by atoms with Crippen molar-refractivity contribution in [2.75, 3.05) is 60.0 Å². The number of β-amino-alcohol motifs (C(OH)–C–C–N with tert-alkyl or cyclic N) is 1. The van der Waals surface area contributed by atoms with Gasteiger partial charge in [0, 0.05) is 31.7 Å². The molecule has 7 nitrogen and oxygen atoms in total. The summed E-state index contributed by atoms with van der Waals surface area (Å²) in [6, 6.07) is 1.37. The molecule has 1 spiro atoms. The number of piperidine rings is 1. The molecule has 4 fully saturated rings. The third-order valence-electron chi connectivity index (χ3n) is 8.34. The van der Waals surface area contributed by atoms with Crippen molar-refractivity contribution in [3.8, 4) is 0 Å². The molecule has 3 saturated heterocycles. The number of hydrogen-bond acceptors (Lipinski definition) is 6. The van der Waals surface area contributed by atoms with Crippen LogP contribution in [0.4, 0.5) is 4.79 Å². The molecule has 30 heavy (non-hydrogen) atoms. The first-order valence-electron chi connectivity index (χ1n) is 12.1. The van der Waals surface area contributed by atoms with Gasteiger partial charge in [-0.15, -0.1) is 0 Å². The number of aliphatic hydroxyl groups is 1. The van der Waals surface area contributed by atoms with Gasteiger partial charge >= 0.3 is 6.09 Å². The predicted octanol–water partition coefficient (Wildman–Crippen LogP) is 2.05. The third-order valence-corrected chi connectivity index (χ3v) is 8.34. The predicted molar refractivity (Wildman–Crippen MR) is 117 cm³/mol. The lowest BCUT2D eigenvalue weighted by Gasteiger charge is -2.52. The Morgan fingerprint density at radius 1 is 1.17 bits per heavy atom. The number of ether oxygens (including phenoxy) is 1. The van der Waals surface area contributed by atoms with E-state index < -0.39 is 0 Å². The number of nitrogens with zero attached hydrogens (tertiary/aromatic N) is 4. The van der Waals surface area contributed by atoms with E-state index in [1.54, 1.807) is 0 Å². The molecule has 4 aliphatic rings. The molecule has 0 bridgehead atoms. The maximum Gasteiger partial charge on any atom is 0.409 e. The van der Waals surface area contributed by atoms with Crippen molar-refractivity contribution in [3.05, 3.63) is 0 Å².